The molecular weight excluding hydrogens is 503 g/mol. The number of hydrogen-bond acceptors (Lipinski definition) is 6. The van der Waals surface area contributed by atoms with Crippen LogP contribution in [-0.2, 0) is 27.0 Å². The molecule has 2 fully saturated rings. The average molecular weight is 538 g/mol. The summed E-state index contributed by atoms with van der Waals surface area (Å²) in [6.45, 7) is 4.68. The van der Waals surface area contributed by atoms with Gasteiger partial charge in [0.15, 0.2) is 0 Å². The van der Waals surface area contributed by atoms with Crippen LogP contribution in [0.25, 0.3) is 0 Å². The standard InChI is InChI=1S/C27H34F3N3O5/c28-27(29,30)22-6-1-5-21(17-22)26(35)32(10-4-9-31-11-15-36-16-12-31)20-25(34)33(18-23-7-2-13-37-23)19-24-8-3-14-38-24/h1-2,5-7,13,17,24H,3-4,8-12,14-16,18-20H2. The van der Waals surface area contributed by atoms with Crippen LogP contribution in [0, 0.1) is 0 Å². The Balaban J connectivity index is 1.49. The van der Waals surface area contributed by atoms with Crippen LogP contribution in [0.1, 0.15) is 40.9 Å². The van der Waals surface area contributed by atoms with Gasteiger partial charge in [-0.05, 0) is 49.6 Å². The van der Waals surface area contributed by atoms with Gasteiger partial charge >= 0.3 is 6.18 Å². The minimum absolute atomic E-state index is 0.101. The smallest absolute Gasteiger partial charge is 0.416 e. The number of hydrogen-bond donors (Lipinski definition) is 0. The Morgan fingerprint density at radius 2 is 1.87 bits per heavy atom. The second-order valence-electron chi connectivity index (χ2n) is 9.60. The van der Waals surface area contributed by atoms with Crippen molar-refractivity contribution in [2.45, 2.75) is 38.1 Å². The number of ether oxygens (including phenoxy) is 2. The van der Waals surface area contributed by atoms with E-state index in [2.05, 4.69) is 4.90 Å². The third-order valence-corrected chi connectivity index (χ3v) is 6.78. The van der Waals surface area contributed by atoms with Crippen LogP contribution in [0.4, 0.5) is 13.2 Å². The number of alkyl halides is 3. The van der Waals surface area contributed by atoms with Crippen molar-refractivity contribution in [3.05, 3.63) is 59.5 Å². The zero-order valence-corrected chi connectivity index (χ0v) is 21.3. The molecule has 208 valence electrons. The van der Waals surface area contributed by atoms with E-state index in [0.29, 0.717) is 45.1 Å². The molecule has 4 rings (SSSR count). The van der Waals surface area contributed by atoms with E-state index in [9.17, 15) is 22.8 Å². The van der Waals surface area contributed by atoms with Gasteiger partial charge in [0.25, 0.3) is 5.91 Å². The molecule has 0 N–H and O–H groups in total. The minimum atomic E-state index is -4.58. The summed E-state index contributed by atoms with van der Waals surface area (Å²) in [5.41, 5.74) is -1.00. The predicted octanol–water partition coefficient (Wildman–Crippen LogP) is 3.67. The molecule has 2 aliphatic rings. The minimum Gasteiger partial charge on any atom is -0.467 e. The molecule has 2 saturated heterocycles. The molecule has 0 spiro atoms. The van der Waals surface area contributed by atoms with E-state index < -0.39 is 17.6 Å². The molecule has 2 aromatic rings. The van der Waals surface area contributed by atoms with Crippen LogP contribution in [0.15, 0.2) is 47.1 Å². The van der Waals surface area contributed by atoms with Crippen molar-refractivity contribution in [2.24, 2.45) is 0 Å². The van der Waals surface area contributed by atoms with Crippen LogP contribution >= 0.6 is 0 Å². The lowest BCUT2D eigenvalue weighted by molar-refractivity contribution is -0.137. The van der Waals surface area contributed by atoms with E-state index in [-0.39, 0.29) is 37.2 Å². The lowest BCUT2D eigenvalue weighted by Crippen LogP contribution is -2.46. The van der Waals surface area contributed by atoms with E-state index >= 15 is 0 Å². The van der Waals surface area contributed by atoms with Crippen LogP contribution in [0.3, 0.4) is 0 Å². The van der Waals surface area contributed by atoms with Crippen molar-refractivity contribution < 1.29 is 36.7 Å². The Bertz CT molecular complexity index is 1030. The second kappa shape index (κ2) is 13.3. The summed E-state index contributed by atoms with van der Waals surface area (Å²) in [5, 5.41) is 0. The van der Waals surface area contributed by atoms with Crippen LogP contribution < -0.4 is 0 Å². The van der Waals surface area contributed by atoms with E-state index in [0.717, 1.165) is 38.1 Å². The first-order chi connectivity index (χ1) is 18.3. The normalized spacial score (nSPS) is 18.4. The molecule has 2 aliphatic heterocycles. The SMILES string of the molecule is O=C(CN(CCCN1CCOCC1)C(=O)c1cccc(C(F)(F)F)c1)N(Cc1ccco1)CC1CCCO1. The summed E-state index contributed by atoms with van der Waals surface area (Å²) >= 11 is 0. The third kappa shape index (κ3) is 8.05. The summed E-state index contributed by atoms with van der Waals surface area (Å²) in [5.74, 6) is -0.329. The van der Waals surface area contributed by atoms with Gasteiger partial charge in [-0.1, -0.05) is 6.07 Å². The molecule has 11 heteroatoms. The van der Waals surface area contributed by atoms with Crippen molar-refractivity contribution in [2.75, 3.05) is 59.1 Å². The van der Waals surface area contributed by atoms with Gasteiger partial charge in [0.05, 0.1) is 37.7 Å². The maximum Gasteiger partial charge on any atom is 0.416 e. The van der Waals surface area contributed by atoms with Gasteiger partial charge < -0.3 is 23.7 Å². The number of morpholine rings is 1. The first kappa shape index (κ1) is 28.1. The summed E-state index contributed by atoms with van der Waals surface area (Å²) in [6.07, 6.45) is -0.846. The van der Waals surface area contributed by atoms with Crippen molar-refractivity contribution in [1.82, 2.24) is 14.7 Å². The number of furan rings is 1. The number of halogens is 3. The molecule has 1 atom stereocenters. The number of amides is 2. The van der Waals surface area contributed by atoms with E-state index in [1.807, 2.05) is 0 Å². The van der Waals surface area contributed by atoms with E-state index in [1.165, 1.54) is 23.3 Å². The summed E-state index contributed by atoms with van der Waals surface area (Å²) in [4.78, 5) is 32.1. The number of benzene rings is 1. The molecule has 3 heterocycles. The van der Waals surface area contributed by atoms with Crippen molar-refractivity contribution in [1.29, 1.82) is 0 Å². The highest BCUT2D eigenvalue weighted by molar-refractivity contribution is 5.96. The largest absolute Gasteiger partial charge is 0.467 e. The highest BCUT2D eigenvalue weighted by atomic mass is 19.4. The maximum absolute atomic E-state index is 13.5. The molecule has 8 nitrogen and oxygen atoms in total. The zero-order chi connectivity index (χ0) is 27.0. The third-order valence-electron chi connectivity index (χ3n) is 6.78. The lowest BCUT2D eigenvalue weighted by Gasteiger charge is -2.30. The van der Waals surface area contributed by atoms with Crippen molar-refractivity contribution in [3.8, 4) is 0 Å². The molecule has 0 bridgehead atoms. The molecular formula is C27H34F3N3O5. The quantitative estimate of drug-likeness (QED) is 0.436. The first-order valence-corrected chi connectivity index (χ1v) is 13.0. The van der Waals surface area contributed by atoms with Crippen LogP contribution in [0.5, 0.6) is 0 Å². The molecule has 38 heavy (non-hydrogen) atoms. The van der Waals surface area contributed by atoms with Crippen LogP contribution in [0.2, 0.25) is 0 Å². The van der Waals surface area contributed by atoms with Gasteiger partial charge in [-0.2, -0.15) is 13.2 Å². The fraction of sp³-hybridized carbons (Fsp3) is 0.556. The number of carbonyl (C=O) groups is 2. The molecule has 1 unspecified atom stereocenters. The summed E-state index contributed by atoms with van der Waals surface area (Å²) < 4.78 is 56.5. The zero-order valence-electron chi connectivity index (χ0n) is 21.3. The summed E-state index contributed by atoms with van der Waals surface area (Å²) in [6, 6.07) is 7.84. The van der Waals surface area contributed by atoms with Gasteiger partial charge in [-0.25, -0.2) is 0 Å². The van der Waals surface area contributed by atoms with Gasteiger partial charge in [0.2, 0.25) is 5.91 Å². The van der Waals surface area contributed by atoms with Gasteiger partial charge in [0.1, 0.15) is 12.3 Å². The Morgan fingerprint density at radius 3 is 2.55 bits per heavy atom. The Labute approximate surface area is 220 Å². The Morgan fingerprint density at radius 1 is 1.05 bits per heavy atom. The highest BCUT2D eigenvalue weighted by Gasteiger charge is 2.32. The Kier molecular flexibility index (Phi) is 9.81. The molecule has 0 radical (unpaired) electrons. The molecule has 0 aliphatic carbocycles. The Hall–Kier alpha value is -2.89. The number of nitrogens with zero attached hydrogens (tertiary/aromatic N) is 3. The maximum atomic E-state index is 13.5. The van der Waals surface area contributed by atoms with Crippen molar-refractivity contribution in [3.63, 3.8) is 0 Å². The molecule has 1 aromatic heterocycles. The fourth-order valence-electron chi connectivity index (χ4n) is 4.72. The first-order valence-electron chi connectivity index (χ1n) is 13.0. The molecule has 0 saturated carbocycles. The lowest BCUT2D eigenvalue weighted by atomic mass is 10.1. The highest BCUT2D eigenvalue weighted by Crippen LogP contribution is 2.30. The number of rotatable bonds is 11. The molecule has 2 amide bonds. The second-order valence-corrected chi connectivity index (χ2v) is 9.60. The predicted molar refractivity (Wildman–Crippen MR) is 132 cm³/mol. The average Bonchev–Trinajstić information content (AvgIpc) is 3.62. The van der Waals surface area contributed by atoms with Crippen LogP contribution in [-0.4, -0.2) is 91.7 Å². The topological polar surface area (TPSA) is 75.5 Å². The van der Waals surface area contributed by atoms with Gasteiger partial charge in [0, 0.05) is 44.9 Å². The fourth-order valence-corrected chi connectivity index (χ4v) is 4.72. The van der Waals surface area contributed by atoms with E-state index in [4.69, 9.17) is 13.9 Å². The number of carbonyl (C=O) groups excluding carboxylic acids is 2. The van der Waals surface area contributed by atoms with E-state index in [1.54, 1.807) is 17.0 Å². The van der Waals surface area contributed by atoms with Gasteiger partial charge in [-0.3, -0.25) is 14.5 Å². The summed E-state index contributed by atoms with van der Waals surface area (Å²) in [7, 11) is 0. The molecule has 1 aromatic carbocycles. The van der Waals surface area contributed by atoms with Crippen molar-refractivity contribution >= 4 is 11.8 Å². The van der Waals surface area contributed by atoms with Gasteiger partial charge in [-0.15, -0.1) is 0 Å². The monoisotopic (exact) mass is 537 g/mol.